The van der Waals surface area contributed by atoms with Crippen LogP contribution in [-0.2, 0) is 15.8 Å². The minimum Gasteiger partial charge on any atom is -0.325 e. The molecule has 24 heavy (non-hydrogen) atoms. The molecule has 1 aromatic heterocycles. The third-order valence-electron chi connectivity index (χ3n) is 2.64. The Balaban J connectivity index is 1.82. The Labute approximate surface area is 143 Å². The van der Waals surface area contributed by atoms with Crippen molar-refractivity contribution >= 4 is 45.6 Å². The molecular formula is C13H10ClF3N4O2S. The number of carbonyl (C=O) groups is 2. The number of hydrogen-bond acceptors (Lipinski definition) is 5. The van der Waals surface area contributed by atoms with Crippen LogP contribution in [0.15, 0.2) is 24.3 Å². The third-order valence-corrected chi connectivity index (χ3v) is 3.85. The second kappa shape index (κ2) is 7.58. The Kier molecular flexibility index (Phi) is 5.73. The number of hydrogen-bond donors (Lipinski definition) is 2. The topological polar surface area (TPSA) is 84.0 Å². The fraction of sp³-hybridized carbons (Fsp3) is 0.231. The minimum atomic E-state index is -4.62. The molecule has 1 heterocycles. The van der Waals surface area contributed by atoms with Crippen LogP contribution >= 0.6 is 22.9 Å². The van der Waals surface area contributed by atoms with Crippen LogP contribution in [0.1, 0.15) is 17.8 Å². The van der Waals surface area contributed by atoms with Crippen LogP contribution in [0.3, 0.4) is 0 Å². The maximum Gasteiger partial charge on any atom is 0.445 e. The Morgan fingerprint density at radius 3 is 2.29 bits per heavy atom. The Bertz CT molecular complexity index is 751. The highest BCUT2D eigenvalue weighted by Gasteiger charge is 2.35. The van der Waals surface area contributed by atoms with Gasteiger partial charge in [-0.15, -0.1) is 10.2 Å². The van der Waals surface area contributed by atoms with Gasteiger partial charge in [-0.2, -0.15) is 13.2 Å². The van der Waals surface area contributed by atoms with Gasteiger partial charge in [-0.3, -0.25) is 9.59 Å². The second-order valence-corrected chi connectivity index (χ2v) is 5.87. The summed E-state index contributed by atoms with van der Waals surface area (Å²) >= 11 is 6.09. The van der Waals surface area contributed by atoms with E-state index in [1.807, 2.05) is 0 Å². The van der Waals surface area contributed by atoms with E-state index in [-0.39, 0.29) is 29.3 Å². The molecule has 1 aromatic carbocycles. The van der Waals surface area contributed by atoms with E-state index in [0.717, 1.165) is 0 Å². The van der Waals surface area contributed by atoms with Crippen molar-refractivity contribution < 1.29 is 22.8 Å². The smallest absolute Gasteiger partial charge is 0.325 e. The largest absolute Gasteiger partial charge is 0.445 e. The number of halogens is 4. The van der Waals surface area contributed by atoms with Gasteiger partial charge in [-0.1, -0.05) is 35.1 Å². The van der Waals surface area contributed by atoms with Gasteiger partial charge < -0.3 is 10.6 Å². The molecular weight excluding hydrogens is 369 g/mol. The van der Waals surface area contributed by atoms with Gasteiger partial charge >= 0.3 is 6.18 Å². The zero-order valence-electron chi connectivity index (χ0n) is 11.9. The summed E-state index contributed by atoms with van der Waals surface area (Å²) in [6, 6.07) is 6.57. The predicted octanol–water partition coefficient (Wildman–Crippen LogP) is 3.57. The van der Waals surface area contributed by atoms with Crippen LogP contribution in [0, 0.1) is 0 Å². The Morgan fingerprint density at radius 2 is 1.71 bits per heavy atom. The van der Waals surface area contributed by atoms with Gasteiger partial charge in [0.1, 0.15) is 0 Å². The van der Waals surface area contributed by atoms with Gasteiger partial charge in [-0.25, -0.2) is 0 Å². The lowest BCUT2D eigenvalue weighted by molar-refractivity contribution is -0.138. The first-order chi connectivity index (χ1) is 11.3. The average Bonchev–Trinajstić information content (AvgIpc) is 2.96. The summed E-state index contributed by atoms with van der Waals surface area (Å²) in [5.41, 5.74) is 0.406. The first-order valence-corrected chi connectivity index (χ1v) is 7.70. The van der Waals surface area contributed by atoms with Gasteiger partial charge in [0.15, 0.2) is 0 Å². The summed E-state index contributed by atoms with van der Waals surface area (Å²) in [6.45, 7) is 0. The number of alkyl halides is 3. The number of rotatable bonds is 5. The van der Waals surface area contributed by atoms with Gasteiger partial charge in [0.25, 0.3) is 0 Å². The summed E-state index contributed by atoms with van der Waals surface area (Å²) < 4.78 is 37.1. The number of nitrogens with zero attached hydrogens (tertiary/aromatic N) is 2. The molecule has 0 aliphatic rings. The zero-order valence-corrected chi connectivity index (χ0v) is 13.4. The van der Waals surface area contributed by atoms with Crippen molar-refractivity contribution in [1.29, 1.82) is 0 Å². The van der Waals surface area contributed by atoms with E-state index in [4.69, 9.17) is 11.6 Å². The lowest BCUT2D eigenvalue weighted by atomic mass is 10.2. The van der Waals surface area contributed by atoms with Gasteiger partial charge in [0.2, 0.25) is 22.0 Å². The fourth-order valence-electron chi connectivity index (χ4n) is 1.57. The number of amides is 2. The molecule has 0 spiro atoms. The van der Waals surface area contributed by atoms with Crippen LogP contribution in [-0.4, -0.2) is 22.0 Å². The number of benzene rings is 1. The third kappa shape index (κ3) is 5.17. The molecule has 2 aromatic rings. The Hall–Kier alpha value is -2.20. The van der Waals surface area contributed by atoms with Gasteiger partial charge in [0.05, 0.1) is 10.7 Å². The van der Waals surface area contributed by atoms with E-state index in [9.17, 15) is 22.8 Å². The van der Waals surface area contributed by atoms with Crippen LogP contribution in [0.2, 0.25) is 5.02 Å². The van der Waals surface area contributed by atoms with Crippen LogP contribution in [0.5, 0.6) is 0 Å². The molecule has 0 aliphatic heterocycles. The molecule has 2 rings (SSSR count). The molecule has 11 heteroatoms. The van der Waals surface area contributed by atoms with E-state index >= 15 is 0 Å². The molecule has 0 bridgehead atoms. The maximum atomic E-state index is 12.4. The van der Waals surface area contributed by atoms with E-state index < -0.39 is 23.0 Å². The van der Waals surface area contributed by atoms with Gasteiger partial charge in [0, 0.05) is 12.8 Å². The molecule has 2 amide bonds. The zero-order chi connectivity index (χ0) is 17.7. The molecule has 0 fully saturated rings. The second-order valence-electron chi connectivity index (χ2n) is 4.49. The average molecular weight is 379 g/mol. The molecule has 0 unspecified atom stereocenters. The summed E-state index contributed by atoms with van der Waals surface area (Å²) in [5, 5.41) is 9.77. The van der Waals surface area contributed by atoms with Crippen molar-refractivity contribution in [2.75, 3.05) is 10.6 Å². The number of nitrogens with one attached hydrogen (secondary N) is 2. The summed E-state index contributed by atoms with van der Waals surface area (Å²) in [7, 11) is 0. The number of aromatic nitrogens is 2. The van der Waals surface area contributed by atoms with E-state index in [0.29, 0.717) is 10.7 Å². The SMILES string of the molecule is O=C(CCC(=O)Nc1ccccc1Cl)Nc1nnc(C(F)(F)F)s1. The van der Waals surface area contributed by atoms with Crippen molar-refractivity contribution in [3.8, 4) is 0 Å². The van der Waals surface area contributed by atoms with Crippen molar-refractivity contribution in [2.45, 2.75) is 19.0 Å². The number of anilines is 2. The summed E-state index contributed by atoms with van der Waals surface area (Å²) in [5.74, 6) is -1.10. The van der Waals surface area contributed by atoms with E-state index in [1.54, 1.807) is 24.3 Å². The van der Waals surface area contributed by atoms with Crippen LogP contribution < -0.4 is 10.6 Å². The van der Waals surface area contributed by atoms with Crippen LogP contribution in [0.25, 0.3) is 0 Å². The molecule has 2 N–H and O–H groups in total. The predicted molar refractivity (Wildman–Crippen MR) is 82.9 cm³/mol. The first kappa shape index (κ1) is 18.1. The normalized spacial score (nSPS) is 11.2. The van der Waals surface area contributed by atoms with E-state index in [2.05, 4.69) is 20.8 Å². The van der Waals surface area contributed by atoms with Crippen molar-refractivity contribution in [1.82, 2.24) is 10.2 Å². The molecule has 0 saturated carbocycles. The molecule has 0 saturated heterocycles. The number of carbonyl (C=O) groups excluding carboxylic acids is 2. The molecule has 6 nitrogen and oxygen atoms in total. The molecule has 0 aliphatic carbocycles. The highest BCUT2D eigenvalue weighted by Crippen LogP contribution is 2.33. The standard InChI is InChI=1S/C13H10ClF3N4O2S/c14-7-3-1-2-4-8(7)18-9(22)5-6-10(23)19-12-21-20-11(24-12)13(15,16)17/h1-4H,5-6H2,(H,18,22)(H,19,21,23). The first-order valence-electron chi connectivity index (χ1n) is 6.50. The van der Waals surface area contributed by atoms with Crippen LogP contribution in [0.4, 0.5) is 24.0 Å². The van der Waals surface area contributed by atoms with Gasteiger partial charge in [-0.05, 0) is 12.1 Å². The quantitative estimate of drug-likeness (QED) is 0.833. The fourth-order valence-corrected chi connectivity index (χ4v) is 2.38. The lowest BCUT2D eigenvalue weighted by Crippen LogP contribution is -2.17. The lowest BCUT2D eigenvalue weighted by Gasteiger charge is -2.06. The maximum absolute atomic E-state index is 12.4. The highest BCUT2D eigenvalue weighted by molar-refractivity contribution is 7.15. The minimum absolute atomic E-state index is 0.165. The van der Waals surface area contributed by atoms with E-state index in [1.165, 1.54) is 0 Å². The van der Waals surface area contributed by atoms with Crippen molar-refractivity contribution in [3.63, 3.8) is 0 Å². The summed E-state index contributed by atoms with van der Waals surface area (Å²) in [4.78, 5) is 23.4. The summed E-state index contributed by atoms with van der Waals surface area (Å²) in [6.07, 6.45) is -5.01. The molecule has 128 valence electrons. The molecule has 0 atom stereocenters. The van der Waals surface area contributed by atoms with Crippen molar-refractivity contribution in [2.24, 2.45) is 0 Å². The number of para-hydroxylation sites is 1. The highest BCUT2D eigenvalue weighted by atomic mass is 35.5. The monoisotopic (exact) mass is 378 g/mol. The van der Waals surface area contributed by atoms with Crippen molar-refractivity contribution in [3.05, 3.63) is 34.3 Å². The Morgan fingerprint density at radius 1 is 1.08 bits per heavy atom. The molecule has 0 radical (unpaired) electrons.